The summed E-state index contributed by atoms with van der Waals surface area (Å²) < 4.78 is 38.0. The van der Waals surface area contributed by atoms with Crippen LogP contribution in [0.3, 0.4) is 0 Å². The van der Waals surface area contributed by atoms with Crippen LogP contribution in [0.1, 0.15) is 11.1 Å². The minimum Gasteiger partial charge on any atom is -0.484 e. The molecule has 1 heterocycles. The average molecular weight is 404 g/mol. The number of fused-ring (bicyclic) bond motifs is 1. The number of methoxy groups -OCH3 is 1. The zero-order chi connectivity index (χ0) is 20.1. The maximum atomic E-state index is 13.1. The van der Waals surface area contributed by atoms with Crippen LogP contribution in [0.5, 0.6) is 5.75 Å². The van der Waals surface area contributed by atoms with Gasteiger partial charge in [-0.05, 0) is 48.7 Å². The van der Waals surface area contributed by atoms with Crippen molar-refractivity contribution in [2.24, 2.45) is 0 Å². The molecule has 8 heteroatoms. The Morgan fingerprint density at radius 3 is 2.75 bits per heavy atom. The van der Waals surface area contributed by atoms with Crippen LogP contribution in [0, 0.1) is 6.92 Å². The highest BCUT2D eigenvalue weighted by molar-refractivity contribution is 7.92. The summed E-state index contributed by atoms with van der Waals surface area (Å²) in [5, 5.41) is 2.66. The molecule has 28 heavy (non-hydrogen) atoms. The van der Waals surface area contributed by atoms with Gasteiger partial charge in [0.1, 0.15) is 5.75 Å². The summed E-state index contributed by atoms with van der Waals surface area (Å²) in [5.41, 5.74) is 2.41. The van der Waals surface area contributed by atoms with Gasteiger partial charge in [0.05, 0.1) is 17.2 Å². The van der Waals surface area contributed by atoms with E-state index >= 15 is 0 Å². The second-order valence-corrected chi connectivity index (χ2v) is 8.38. The first kappa shape index (κ1) is 20.2. The highest BCUT2D eigenvalue weighted by Crippen LogP contribution is 2.33. The molecule has 0 aliphatic carbocycles. The number of nitrogens with zero attached hydrogens (tertiary/aromatic N) is 1. The first-order valence-electron chi connectivity index (χ1n) is 9.03. The van der Waals surface area contributed by atoms with Crippen LogP contribution in [-0.4, -0.2) is 47.7 Å². The zero-order valence-corrected chi connectivity index (χ0v) is 16.8. The molecule has 1 N–H and O–H groups in total. The summed E-state index contributed by atoms with van der Waals surface area (Å²) >= 11 is 0. The molecule has 0 fully saturated rings. The number of anilines is 1. The Labute approximate surface area is 165 Å². The third kappa shape index (κ3) is 4.28. The number of amides is 1. The summed E-state index contributed by atoms with van der Waals surface area (Å²) in [6.07, 6.45) is 0.702. The maximum Gasteiger partial charge on any atom is 0.264 e. The number of ether oxygens (including phenoxy) is 2. The van der Waals surface area contributed by atoms with Gasteiger partial charge in [-0.25, -0.2) is 8.42 Å². The van der Waals surface area contributed by atoms with Gasteiger partial charge in [0.15, 0.2) is 6.61 Å². The molecule has 1 aliphatic rings. The highest BCUT2D eigenvalue weighted by Gasteiger charge is 2.30. The monoisotopic (exact) mass is 404 g/mol. The van der Waals surface area contributed by atoms with Crippen molar-refractivity contribution in [2.75, 3.05) is 37.7 Å². The molecule has 150 valence electrons. The molecule has 0 spiro atoms. The SMILES string of the molecule is COCCNC(=O)COc1ccc(S(=O)(=O)N2CCc3ccccc32)cc1C. The van der Waals surface area contributed by atoms with Gasteiger partial charge < -0.3 is 14.8 Å². The van der Waals surface area contributed by atoms with E-state index in [4.69, 9.17) is 9.47 Å². The Bertz CT molecular complexity index is 959. The molecule has 3 rings (SSSR count). The standard InChI is InChI=1S/C20H24N2O5S/c1-15-13-17(7-8-19(15)27-14-20(23)21-10-12-26-2)28(24,25)22-11-9-16-5-3-4-6-18(16)22/h3-8,13H,9-12,14H2,1-2H3,(H,21,23). The summed E-state index contributed by atoms with van der Waals surface area (Å²) in [6.45, 7) is 2.88. The molecular weight excluding hydrogens is 380 g/mol. The lowest BCUT2D eigenvalue weighted by molar-refractivity contribution is -0.123. The number of rotatable bonds is 8. The van der Waals surface area contributed by atoms with E-state index in [1.165, 1.54) is 10.4 Å². The van der Waals surface area contributed by atoms with Crippen molar-refractivity contribution >= 4 is 21.6 Å². The minimum atomic E-state index is -3.65. The summed E-state index contributed by atoms with van der Waals surface area (Å²) in [4.78, 5) is 11.9. The van der Waals surface area contributed by atoms with E-state index in [-0.39, 0.29) is 17.4 Å². The fourth-order valence-corrected chi connectivity index (χ4v) is 4.70. The van der Waals surface area contributed by atoms with Gasteiger partial charge in [0, 0.05) is 20.2 Å². The van der Waals surface area contributed by atoms with Crippen molar-refractivity contribution in [1.29, 1.82) is 0 Å². The number of hydrogen-bond acceptors (Lipinski definition) is 5. The Kier molecular flexibility index (Phi) is 6.21. The second kappa shape index (κ2) is 8.62. The van der Waals surface area contributed by atoms with Gasteiger partial charge in [-0.2, -0.15) is 0 Å². The molecule has 0 radical (unpaired) electrons. The largest absolute Gasteiger partial charge is 0.484 e. The van der Waals surface area contributed by atoms with E-state index in [2.05, 4.69) is 5.32 Å². The molecule has 1 amide bonds. The molecule has 2 aromatic carbocycles. The molecule has 0 saturated carbocycles. The van der Waals surface area contributed by atoms with E-state index in [0.29, 0.717) is 37.4 Å². The second-order valence-electron chi connectivity index (χ2n) is 6.51. The minimum absolute atomic E-state index is 0.143. The molecule has 0 atom stereocenters. The van der Waals surface area contributed by atoms with Crippen molar-refractivity contribution in [3.8, 4) is 5.75 Å². The van der Waals surface area contributed by atoms with E-state index in [9.17, 15) is 13.2 Å². The highest BCUT2D eigenvalue weighted by atomic mass is 32.2. The fraction of sp³-hybridized carbons (Fsp3) is 0.350. The number of aryl methyl sites for hydroxylation is 1. The lowest BCUT2D eigenvalue weighted by Crippen LogP contribution is -2.31. The quantitative estimate of drug-likeness (QED) is 0.679. The Hall–Kier alpha value is -2.58. The van der Waals surface area contributed by atoms with Crippen molar-refractivity contribution in [3.63, 3.8) is 0 Å². The summed E-state index contributed by atoms with van der Waals surface area (Å²) in [5.74, 6) is 0.212. The molecule has 0 aromatic heterocycles. The predicted octanol–water partition coefficient (Wildman–Crippen LogP) is 1.89. The van der Waals surface area contributed by atoms with Crippen LogP contribution >= 0.6 is 0 Å². The number of hydrogen-bond donors (Lipinski definition) is 1. The average Bonchev–Trinajstić information content (AvgIpc) is 3.12. The topological polar surface area (TPSA) is 84.9 Å². The van der Waals surface area contributed by atoms with E-state index in [1.54, 1.807) is 26.2 Å². The van der Waals surface area contributed by atoms with Crippen molar-refractivity contribution in [2.45, 2.75) is 18.2 Å². The molecule has 1 aliphatic heterocycles. The van der Waals surface area contributed by atoms with Crippen LogP contribution in [-0.2, 0) is 26.0 Å². The van der Waals surface area contributed by atoms with Crippen LogP contribution in [0.4, 0.5) is 5.69 Å². The van der Waals surface area contributed by atoms with Gasteiger partial charge in [-0.15, -0.1) is 0 Å². The van der Waals surface area contributed by atoms with Crippen LogP contribution < -0.4 is 14.4 Å². The Morgan fingerprint density at radius 2 is 2.00 bits per heavy atom. The van der Waals surface area contributed by atoms with Crippen LogP contribution in [0.2, 0.25) is 0 Å². The molecular formula is C20H24N2O5S. The Balaban J connectivity index is 1.71. The zero-order valence-electron chi connectivity index (χ0n) is 16.0. The van der Waals surface area contributed by atoms with Gasteiger partial charge in [-0.3, -0.25) is 9.10 Å². The van der Waals surface area contributed by atoms with Crippen molar-refractivity contribution in [1.82, 2.24) is 5.32 Å². The van der Waals surface area contributed by atoms with E-state index in [0.717, 1.165) is 11.3 Å². The van der Waals surface area contributed by atoms with Crippen molar-refractivity contribution < 1.29 is 22.7 Å². The summed E-state index contributed by atoms with van der Waals surface area (Å²) in [7, 11) is -2.10. The molecule has 2 aromatic rings. The predicted molar refractivity (Wildman–Crippen MR) is 106 cm³/mol. The first-order valence-corrected chi connectivity index (χ1v) is 10.5. The van der Waals surface area contributed by atoms with E-state index < -0.39 is 10.0 Å². The normalized spacial score (nSPS) is 13.3. The number of nitrogens with one attached hydrogen (secondary N) is 1. The molecule has 0 unspecified atom stereocenters. The number of carbonyl (C=O) groups is 1. The number of para-hydroxylation sites is 1. The lowest BCUT2D eigenvalue weighted by Gasteiger charge is -2.20. The van der Waals surface area contributed by atoms with Gasteiger partial charge in [0.25, 0.3) is 15.9 Å². The van der Waals surface area contributed by atoms with Crippen molar-refractivity contribution in [3.05, 3.63) is 53.6 Å². The first-order chi connectivity index (χ1) is 13.4. The molecule has 7 nitrogen and oxygen atoms in total. The molecule has 0 bridgehead atoms. The lowest BCUT2D eigenvalue weighted by atomic mass is 10.2. The van der Waals surface area contributed by atoms with Gasteiger partial charge in [0.2, 0.25) is 0 Å². The van der Waals surface area contributed by atoms with Crippen LogP contribution in [0.15, 0.2) is 47.4 Å². The number of carbonyl (C=O) groups excluding carboxylic acids is 1. The van der Waals surface area contributed by atoms with Crippen LogP contribution in [0.25, 0.3) is 0 Å². The number of benzene rings is 2. The van der Waals surface area contributed by atoms with Gasteiger partial charge >= 0.3 is 0 Å². The maximum absolute atomic E-state index is 13.1. The third-order valence-electron chi connectivity index (χ3n) is 4.57. The summed E-state index contributed by atoms with van der Waals surface area (Å²) in [6, 6.07) is 12.2. The number of sulfonamides is 1. The van der Waals surface area contributed by atoms with Gasteiger partial charge in [-0.1, -0.05) is 18.2 Å². The third-order valence-corrected chi connectivity index (χ3v) is 6.38. The smallest absolute Gasteiger partial charge is 0.264 e. The Morgan fingerprint density at radius 1 is 1.21 bits per heavy atom. The fourth-order valence-electron chi connectivity index (χ4n) is 3.12. The van der Waals surface area contributed by atoms with E-state index in [1.807, 2.05) is 24.3 Å². The molecule has 0 saturated heterocycles.